The van der Waals surface area contributed by atoms with Gasteiger partial charge in [-0.15, -0.1) is 11.8 Å². The van der Waals surface area contributed by atoms with Gasteiger partial charge in [-0.25, -0.2) is 9.59 Å². The number of carboxylic acid groups (broad SMARTS) is 1. The number of urea groups is 1. The van der Waals surface area contributed by atoms with Crippen molar-refractivity contribution in [2.24, 2.45) is 5.92 Å². The maximum Gasteiger partial charge on any atom is 0.327 e. The molecule has 2 aliphatic heterocycles. The summed E-state index contributed by atoms with van der Waals surface area (Å²) in [6, 6.07) is -0.806. The number of piperidine rings is 1. The summed E-state index contributed by atoms with van der Waals surface area (Å²) in [5, 5.41) is 9.30. The van der Waals surface area contributed by atoms with Gasteiger partial charge in [0.1, 0.15) is 6.04 Å². The SMILES string of the molecule is CCC1SCC(C(=O)O)N1C(=O)N1CCC(COC)CC1. The molecule has 2 amide bonds. The lowest BCUT2D eigenvalue weighted by Gasteiger charge is -2.37. The summed E-state index contributed by atoms with van der Waals surface area (Å²) in [4.78, 5) is 27.4. The highest BCUT2D eigenvalue weighted by Gasteiger charge is 2.42. The Labute approximate surface area is 129 Å². The zero-order chi connectivity index (χ0) is 15.4. The van der Waals surface area contributed by atoms with Crippen molar-refractivity contribution in [2.45, 2.75) is 37.6 Å². The normalized spacial score (nSPS) is 27.1. The van der Waals surface area contributed by atoms with Crippen LogP contribution in [-0.4, -0.2) is 70.9 Å². The molecular formula is C14H24N2O4S. The first-order valence-corrected chi connectivity index (χ1v) is 8.54. The van der Waals surface area contributed by atoms with Crippen LogP contribution in [0.4, 0.5) is 4.79 Å². The van der Waals surface area contributed by atoms with Gasteiger partial charge in [-0.2, -0.15) is 0 Å². The Morgan fingerprint density at radius 2 is 2.00 bits per heavy atom. The van der Waals surface area contributed by atoms with Gasteiger partial charge in [0, 0.05) is 32.6 Å². The number of carboxylic acids is 1. The van der Waals surface area contributed by atoms with Crippen molar-refractivity contribution in [3.63, 3.8) is 0 Å². The van der Waals surface area contributed by atoms with Crippen LogP contribution in [0.25, 0.3) is 0 Å². The summed E-state index contributed by atoms with van der Waals surface area (Å²) in [5.74, 6) is 0.0880. The number of rotatable bonds is 4. The van der Waals surface area contributed by atoms with Crippen LogP contribution in [0, 0.1) is 5.92 Å². The number of carbonyl (C=O) groups is 2. The van der Waals surface area contributed by atoms with Crippen LogP contribution in [0.1, 0.15) is 26.2 Å². The van der Waals surface area contributed by atoms with E-state index in [0.717, 1.165) is 25.9 Å². The molecule has 2 heterocycles. The number of likely N-dealkylation sites (tertiary alicyclic amines) is 1. The molecule has 21 heavy (non-hydrogen) atoms. The fraction of sp³-hybridized carbons (Fsp3) is 0.857. The van der Waals surface area contributed by atoms with Crippen LogP contribution in [-0.2, 0) is 9.53 Å². The van der Waals surface area contributed by atoms with Crippen molar-refractivity contribution < 1.29 is 19.4 Å². The maximum absolute atomic E-state index is 12.7. The standard InChI is InChI=1S/C14H24N2O4S/c1-3-12-16(11(9-21-12)13(17)18)14(19)15-6-4-10(5-7-15)8-20-2/h10-12H,3-9H2,1-2H3,(H,17,18). The molecule has 7 heteroatoms. The van der Waals surface area contributed by atoms with E-state index in [2.05, 4.69) is 0 Å². The molecule has 2 unspecified atom stereocenters. The van der Waals surface area contributed by atoms with Crippen LogP contribution in [0.3, 0.4) is 0 Å². The number of ether oxygens (including phenoxy) is 1. The van der Waals surface area contributed by atoms with Crippen LogP contribution in [0.2, 0.25) is 0 Å². The molecule has 2 rings (SSSR count). The Bertz CT molecular complexity index is 385. The lowest BCUT2D eigenvalue weighted by molar-refractivity contribution is -0.141. The van der Waals surface area contributed by atoms with Crippen molar-refractivity contribution in [1.29, 1.82) is 0 Å². The zero-order valence-electron chi connectivity index (χ0n) is 12.7. The Balaban J connectivity index is 1.99. The highest BCUT2D eigenvalue weighted by atomic mass is 32.2. The van der Waals surface area contributed by atoms with Crippen molar-refractivity contribution in [3.05, 3.63) is 0 Å². The van der Waals surface area contributed by atoms with Gasteiger partial charge in [-0.3, -0.25) is 4.90 Å². The van der Waals surface area contributed by atoms with E-state index in [9.17, 15) is 14.7 Å². The second-order valence-electron chi connectivity index (χ2n) is 5.63. The van der Waals surface area contributed by atoms with Crippen LogP contribution in [0.5, 0.6) is 0 Å². The second kappa shape index (κ2) is 7.35. The molecule has 120 valence electrons. The number of thioether (sulfide) groups is 1. The predicted molar refractivity (Wildman–Crippen MR) is 81.4 cm³/mol. The Hall–Kier alpha value is -0.950. The van der Waals surface area contributed by atoms with E-state index in [1.165, 1.54) is 0 Å². The van der Waals surface area contributed by atoms with E-state index in [1.54, 1.807) is 28.7 Å². The molecule has 0 saturated carbocycles. The minimum atomic E-state index is -0.902. The molecule has 0 aromatic rings. The minimum absolute atomic E-state index is 0.0182. The summed E-state index contributed by atoms with van der Waals surface area (Å²) in [5.41, 5.74) is 0. The number of nitrogens with zero attached hydrogens (tertiary/aromatic N) is 2. The van der Waals surface area contributed by atoms with Gasteiger partial charge in [0.2, 0.25) is 0 Å². The number of carbonyl (C=O) groups excluding carboxylic acids is 1. The number of methoxy groups -OCH3 is 1. The average molecular weight is 316 g/mol. The van der Waals surface area contributed by atoms with Gasteiger partial charge in [0.05, 0.1) is 5.37 Å². The molecule has 0 aliphatic carbocycles. The molecule has 0 bridgehead atoms. The van der Waals surface area contributed by atoms with E-state index in [1.807, 2.05) is 6.92 Å². The van der Waals surface area contributed by atoms with E-state index in [0.29, 0.717) is 24.8 Å². The summed E-state index contributed by atoms with van der Waals surface area (Å²) >= 11 is 1.57. The van der Waals surface area contributed by atoms with E-state index in [4.69, 9.17) is 4.74 Å². The fourth-order valence-electron chi connectivity index (χ4n) is 3.01. The summed E-state index contributed by atoms with van der Waals surface area (Å²) in [6.45, 7) is 4.11. The zero-order valence-corrected chi connectivity index (χ0v) is 13.5. The molecular weight excluding hydrogens is 292 g/mol. The van der Waals surface area contributed by atoms with E-state index in [-0.39, 0.29) is 11.4 Å². The largest absolute Gasteiger partial charge is 0.480 e. The quantitative estimate of drug-likeness (QED) is 0.855. The van der Waals surface area contributed by atoms with Crippen molar-refractivity contribution in [3.8, 4) is 0 Å². The molecule has 2 atom stereocenters. The highest BCUT2D eigenvalue weighted by Crippen LogP contribution is 2.33. The van der Waals surface area contributed by atoms with Gasteiger partial charge in [-0.1, -0.05) is 6.92 Å². The molecule has 0 radical (unpaired) electrons. The third-order valence-corrected chi connectivity index (χ3v) is 5.69. The van der Waals surface area contributed by atoms with Gasteiger partial charge in [-0.05, 0) is 25.2 Å². The molecule has 2 aliphatic rings. The minimum Gasteiger partial charge on any atom is -0.480 e. The monoisotopic (exact) mass is 316 g/mol. The molecule has 0 aromatic carbocycles. The van der Waals surface area contributed by atoms with Crippen LogP contribution < -0.4 is 0 Å². The third-order valence-electron chi connectivity index (χ3n) is 4.24. The van der Waals surface area contributed by atoms with Crippen molar-refractivity contribution in [2.75, 3.05) is 32.6 Å². The lowest BCUT2D eigenvalue weighted by atomic mass is 9.98. The van der Waals surface area contributed by atoms with Crippen molar-refractivity contribution in [1.82, 2.24) is 9.80 Å². The maximum atomic E-state index is 12.7. The predicted octanol–water partition coefficient (Wildman–Crippen LogP) is 1.70. The first-order chi connectivity index (χ1) is 10.1. The number of hydrogen-bond donors (Lipinski definition) is 1. The lowest BCUT2D eigenvalue weighted by Crippen LogP contribution is -2.53. The molecule has 6 nitrogen and oxygen atoms in total. The average Bonchev–Trinajstić information content (AvgIpc) is 2.91. The van der Waals surface area contributed by atoms with Gasteiger partial charge >= 0.3 is 12.0 Å². The van der Waals surface area contributed by atoms with Gasteiger partial charge < -0.3 is 14.7 Å². The molecule has 1 N–H and O–H groups in total. The number of amides is 2. The summed E-state index contributed by atoms with van der Waals surface area (Å²) in [6.07, 6.45) is 2.63. The Morgan fingerprint density at radius 3 is 2.52 bits per heavy atom. The summed E-state index contributed by atoms with van der Waals surface area (Å²) in [7, 11) is 1.70. The van der Waals surface area contributed by atoms with E-state index >= 15 is 0 Å². The van der Waals surface area contributed by atoms with Crippen LogP contribution >= 0.6 is 11.8 Å². The van der Waals surface area contributed by atoms with Gasteiger partial charge in [0.15, 0.2) is 0 Å². The van der Waals surface area contributed by atoms with E-state index < -0.39 is 12.0 Å². The molecule has 0 aromatic heterocycles. The van der Waals surface area contributed by atoms with Crippen molar-refractivity contribution >= 4 is 23.8 Å². The molecule has 2 saturated heterocycles. The number of aliphatic carboxylic acids is 1. The highest BCUT2D eigenvalue weighted by molar-refractivity contribution is 8.00. The fourth-order valence-corrected chi connectivity index (χ4v) is 4.36. The number of hydrogen-bond acceptors (Lipinski definition) is 4. The van der Waals surface area contributed by atoms with Crippen LogP contribution in [0.15, 0.2) is 0 Å². The second-order valence-corrected chi connectivity index (χ2v) is 6.84. The first kappa shape index (κ1) is 16.4. The third kappa shape index (κ3) is 3.63. The molecule has 0 spiro atoms. The summed E-state index contributed by atoms with van der Waals surface area (Å²) < 4.78 is 5.16. The topological polar surface area (TPSA) is 70.1 Å². The first-order valence-electron chi connectivity index (χ1n) is 7.49. The smallest absolute Gasteiger partial charge is 0.327 e. The molecule has 2 fully saturated rings. The Morgan fingerprint density at radius 1 is 1.33 bits per heavy atom. The van der Waals surface area contributed by atoms with Gasteiger partial charge in [0.25, 0.3) is 0 Å². The Kier molecular flexibility index (Phi) is 5.75.